The van der Waals surface area contributed by atoms with E-state index in [1.807, 2.05) is 11.9 Å². The highest BCUT2D eigenvalue weighted by Crippen LogP contribution is 2.28. The molecule has 0 bridgehead atoms. The molecule has 1 N–H and O–H groups in total. The van der Waals surface area contributed by atoms with E-state index in [1.54, 1.807) is 0 Å². The van der Waals surface area contributed by atoms with Gasteiger partial charge in [0.05, 0.1) is 6.54 Å². The van der Waals surface area contributed by atoms with Gasteiger partial charge in [0.1, 0.15) is 0 Å². The summed E-state index contributed by atoms with van der Waals surface area (Å²) < 4.78 is 0. The van der Waals surface area contributed by atoms with Crippen LogP contribution in [-0.2, 0) is 4.79 Å². The number of nitrogens with zero attached hydrogens (tertiary/aromatic N) is 1. The Balaban J connectivity index is 1.60. The number of hydrogen-bond acceptors (Lipinski definition) is 2. The van der Waals surface area contributed by atoms with E-state index in [0.29, 0.717) is 12.6 Å². The first kappa shape index (κ1) is 12.9. The SMILES string of the molecule is CC1CCCC(CNCC(=O)N(C)C2CC2)C1. The standard InChI is InChI=1S/C14H26N2O/c1-11-4-3-5-12(8-11)9-15-10-14(17)16(2)13-6-7-13/h11-13,15H,3-10H2,1-2H3. The monoisotopic (exact) mass is 238 g/mol. The number of carbonyl (C=O) groups excluding carboxylic acids is 1. The molecule has 0 radical (unpaired) electrons. The minimum Gasteiger partial charge on any atom is -0.342 e. The van der Waals surface area contributed by atoms with Gasteiger partial charge in [0.25, 0.3) is 0 Å². The molecule has 0 aliphatic heterocycles. The second kappa shape index (κ2) is 5.85. The van der Waals surface area contributed by atoms with Crippen LogP contribution in [0.2, 0.25) is 0 Å². The van der Waals surface area contributed by atoms with Crippen molar-refractivity contribution in [3.05, 3.63) is 0 Å². The number of rotatable bonds is 5. The van der Waals surface area contributed by atoms with Crippen molar-refractivity contribution in [1.82, 2.24) is 10.2 Å². The molecule has 2 rings (SSSR count). The lowest BCUT2D eigenvalue weighted by atomic mass is 9.82. The Morgan fingerprint density at radius 3 is 2.71 bits per heavy atom. The van der Waals surface area contributed by atoms with E-state index in [1.165, 1.54) is 38.5 Å². The Bertz CT molecular complexity index is 263. The third kappa shape index (κ3) is 3.98. The van der Waals surface area contributed by atoms with Crippen LogP contribution in [0.3, 0.4) is 0 Å². The van der Waals surface area contributed by atoms with Gasteiger partial charge < -0.3 is 10.2 Å². The van der Waals surface area contributed by atoms with Gasteiger partial charge in [-0.15, -0.1) is 0 Å². The lowest BCUT2D eigenvalue weighted by Crippen LogP contribution is -2.38. The van der Waals surface area contributed by atoms with Crippen molar-refractivity contribution in [1.29, 1.82) is 0 Å². The molecule has 3 heteroatoms. The Morgan fingerprint density at radius 2 is 2.06 bits per heavy atom. The Labute approximate surface area is 105 Å². The van der Waals surface area contributed by atoms with Crippen LogP contribution in [0.5, 0.6) is 0 Å². The fraction of sp³-hybridized carbons (Fsp3) is 0.929. The predicted octanol–water partition coefficient (Wildman–Crippen LogP) is 2.02. The smallest absolute Gasteiger partial charge is 0.236 e. The summed E-state index contributed by atoms with van der Waals surface area (Å²) >= 11 is 0. The second-order valence-electron chi connectivity index (χ2n) is 6.00. The van der Waals surface area contributed by atoms with E-state index in [9.17, 15) is 4.79 Å². The lowest BCUT2D eigenvalue weighted by molar-refractivity contribution is -0.129. The Kier molecular flexibility index (Phi) is 4.43. The molecule has 0 spiro atoms. The molecule has 2 unspecified atom stereocenters. The maximum atomic E-state index is 11.8. The fourth-order valence-corrected chi connectivity index (χ4v) is 2.92. The first-order valence-corrected chi connectivity index (χ1v) is 7.13. The number of likely N-dealkylation sites (N-methyl/N-ethyl adjacent to an activating group) is 1. The summed E-state index contributed by atoms with van der Waals surface area (Å²) in [6.07, 6.45) is 7.82. The molecule has 2 aliphatic carbocycles. The zero-order valence-corrected chi connectivity index (χ0v) is 11.2. The van der Waals surface area contributed by atoms with Crippen molar-refractivity contribution < 1.29 is 4.79 Å². The van der Waals surface area contributed by atoms with Crippen LogP contribution in [-0.4, -0.2) is 37.0 Å². The lowest BCUT2D eigenvalue weighted by Gasteiger charge is -2.27. The highest BCUT2D eigenvalue weighted by molar-refractivity contribution is 5.78. The summed E-state index contributed by atoms with van der Waals surface area (Å²) in [6, 6.07) is 0.541. The van der Waals surface area contributed by atoms with Gasteiger partial charge in [-0.1, -0.05) is 19.8 Å². The number of amides is 1. The summed E-state index contributed by atoms with van der Waals surface area (Å²) in [7, 11) is 1.93. The summed E-state index contributed by atoms with van der Waals surface area (Å²) in [5.74, 6) is 1.93. The zero-order valence-electron chi connectivity index (χ0n) is 11.2. The van der Waals surface area contributed by atoms with Gasteiger partial charge in [0.2, 0.25) is 5.91 Å². The topological polar surface area (TPSA) is 32.3 Å². The van der Waals surface area contributed by atoms with E-state index in [0.717, 1.165) is 18.4 Å². The van der Waals surface area contributed by atoms with Crippen molar-refractivity contribution in [3.8, 4) is 0 Å². The highest BCUT2D eigenvalue weighted by Gasteiger charge is 2.29. The van der Waals surface area contributed by atoms with Crippen molar-refractivity contribution in [2.75, 3.05) is 20.1 Å². The number of carbonyl (C=O) groups is 1. The molecule has 17 heavy (non-hydrogen) atoms. The molecule has 3 nitrogen and oxygen atoms in total. The molecule has 98 valence electrons. The van der Waals surface area contributed by atoms with Crippen molar-refractivity contribution in [2.24, 2.45) is 11.8 Å². The number of nitrogens with one attached hydrogen (secondary N) is 1. The third-order valence-corrected chi connectivity index (χ3v) is 4.24. The Hall–Kier alpha value is -0.570. The first-order valence-electron chi connectivity index (χ1n) is 7.13. The quantitative estimate of drug-likeness (QED) is 0.795. The van der Waals surface area contributed by atoms with E-state index in [-0.39, 0.29) is 5.91 Å². The predicted molar refractivity (Wildman–Crippen MR) is 69.8 cm³/mol. The minimum atomic E-state index is 0.261. The second-order valence-corrected chi connectivity index (χ2v) is 6.00. The van der Waals surface area contributed by atoms with E-state index in [4.69, 9.17) is 0 Å². The maximum Gasteiger partial charge on any atom is 0.236 e. The molecule has 2 atom stereocenters. The molecule has 1 amide bonds. The van der Waals surface area contributed by atoms with Crippen LogP contribution in [0, 0.1) is 11.8 Å². The van der Waals surface area contributed by atoms with Gasteiger partial charge in [-0.2, -0.15) is 0 Å². The van der Waals surface area contributed by atoms with Crippen LogP contribution < -0.4 is 5.32 Å². The molecule has 2 fully saturated rings. The summed E-state index contributed by atoms with van der Waals surface area (Å²) in [6.45, 7) is 3.89. The molecule has 0 heterocycles. The van der Waals surface area contributed by atoms with Crippen LogP contribution in [0.1, 0.15) is 45.4 Å². The largest absolute Gasteiger partial charge is 0.342 e. The van der Waals surface area contributed by atoms with E-state index >= 15 is 0 Å². The van der Waals surface area contributed by atoms with Gasteiger partial charge in [-0.25, -0.2) is 0 Å². The normalized spacial score (nSPS) is 29.1. The summed E-state index contributed by atoms with van der Waals surface area (Å²) in [5.41, 5.74) is 0. The molecular formula is C14H26N2O. The average Bonchev–Trinajstić information content (AvgIpc) is 3.12. The average molecular weight is 238 g/mol. The van der Waals surface area contributed by atoms with Crippen LogP contribution in [0.15, 0.2) is 0 Å². The molecule has 0 saturated heterocycles. The van der Waals surface area contributed by atoms with Gasteiger partial charge >= 0.3 is 0 Å². The van der Waals surface area contributed by atoms with Crippen LogP contribution >= 0.6 is 0 Å². The molecular weight excluding hydrogens is 212 g/mol. The fourth-order valence-electron chi connectivity index (χ4n) is 2.92. The minimum absolute atomic E-state index is 0.261. The van der Waals surface area contributed by atoms with E-state index in [2.05, 4.69) is 12.2 Å². The van der Waals surface area contributed by atoms with Gasteiger partial charge in [-0.3, -0.25) is 4.79 Å². The van der Waals surface area contributed by atoms with Gasteiger partial charge in [0.15, 0.2) is 0 Å². The first-order chi connectivity index (χ1) is 8.16. The molecule has 0 aromatic heterocycles. The van der Waals surface area contributed by atoms with E-state index < -0.39 is 0 Å². The highest BCUT2D eigenvalue weighted by atomic mass is 16.2. The van der Waals surface area contributed by atoms with Gasteiger partial charge in [-0.05, 0) is 44.1 Å². The molecule has 0 aromatic carbocycles. The van der Waals surface area contributed by atoms with Crippen LogP contribution in [0.4, 0.5) is 0 Å². The third-order valence-electron chi connectivity index (χ3n) is 4.24. The van der Waals surface area contributed by atoms with Crippen molar-refractivity contribution in [2.45, 2.75) is 51.5 Å². The number of hydrogen-bond donors (Lipinski definition) is 1. The Morgan fingerprint density at radius 1 is 1.29 bits per heavy atom. The molecule has 2 saturated carbocycles. The zero-order chi connectivity index (χ0) is 12.3. The molecule has 0 aromatic rings. The maximum absolute atomic E-state index is 11.8. The van der Waals surface area contributed by atoms with Crippen molar-refractivity contribution in [3.63, 3.8) is 0 Å². The van der Waals surface area contributed by atoms with Crippen molar-refractivity contribution >= 4 is 5.91 Å². The van der Waals surface area contributed by atoms with Crippen LogP contribution in [0.25, 0.3) is 0 Å². The molecule has 2 aliphatic rings. The summed E-state index contributed by atoms with van der Waals surface area (Å²) in [5, 5.41) is 3.35. The summed E-state index contributed by atoms with van der Waals surface area (Å²) in [4.78, 5) is 13.7. The van der Waals surface area contributed by atoms with Gasteiger partial charge in [0, 0.05) is 13.1 Å².